The Kier molecular flexibility index (Phi) is 5.25. The van der Waals surface area contributed by atoms with Gasteiger partial charge in [0.1, 0.15) is 12.2 Å². The van der Waals surface area contributed by atoms with Gasteiger partial charge in [0, 0.05) is 18.5 Å². The Morgan fingerprint density at radius 2 is 2.25 bits per heavy atom. The number of hydrogen-bond acceptors (Lipinski definition) is 4. The van der Waals surface area contributed by atoms with E-state index in [2.05, 4.69) is 20.5 Å². The van der Waals surface area contributed by atoms with Gasteiger partial charge in [-0.15, -0.1) is 0 Å². The van der Waals surface area contributed by atoms with Crippen LogP contribution in [0.25, 0.3) is 0 Å². The molecule has 0 radical (unpaired) electrons. The number of nitrogens with two attached hydrogens (primary N) is 1. The average Bonchev–Trinajstić information content (AvgIpc) is 2.97. The second-order valence-corrected chi connectivity index (χ2v) is 4.53. The number of hydrogen-bond donors (Lipinski definition) is 3. The summed E-state index contributed by atoms with van der Waals surface area (Å²) in [6, 6.07) is 7.56. The van der Waals surface area contributed by atoms with Crippen molar-refractivity contribution in [3.8, 4) is 0 Å². The summed E-state index contributed by atoms with van der Waals surface area (Å²) >= 11 is 0. The molecule has 0 atom stereocenters. The van der Waals surface area contributed by atoms with Crippen molar-refractivity contribution in [2.45, 2.75) is 19.3 Å². The maximum atomic E-state index is 12.0. The van der Waals surface area contributed by atoms with Gasteiger partial charge < -0.3 is 11.1 Å². The Hall–Kier alpha value is -2.21. The normalized spacial score (nSPS) is 10.4. The van der Waals surface area contributed by atoms with Crippen LogP contribution >= 0.6 is 0 Å². The molecule has 0 saturated carbocycles. The van der Waals surface area contributed by atoms with Gasteiger partial charge in [-0.25, -0.2) is 4.98 Å². The number of nitrogens with one attached hydrogen (secondary N) is 2. The van der Waals surface area contributed by atoms with Crippen LogP contribution < -0.4 is 11.1 Å². The average molecular weight is 273 g/mol. The molecule has 106 valence electrons. The number of nitrogens with zero attached hydrogens (tertiary/aromatic N) is 2. The number of aryl methyl sites for hydroxylation is 1. The van der Waals surface area contributed by atoms with Gasteiger partial charge in [0.25, 0.3) is 5.91 Å². The van der Waals surface area contributed by atoms with Gasteiger partial charge in [-0.05, 0) is 37.1 Å². The van der Waals surface area contributed by atoms with E-state index in [9.17, 15) is 4.79 Å². The predicted octanol–water partition coefficient (Wildman–Crippen LogP) is 0.668. The summed E-state index contributed by atoms with van der Waals surface area (Å²) in [6.45, 7) is 1.20. The molecule has 6 heteroatoms. The third kappa shape index (κ3) is 4.17. The van der Waals surface area contributed by atoms with Crippen LogP contribution in [0.15, 0.2) is 30.6 Å². The van der Waals surface area contributed by atoms with E-state index in [1.165, 1.54) is 6.33 Å². The van der Waals surface area contributed by atoms with Crippen molar-refractivity contribution in [1.29, 1.82) is 0 Å². The standard InChI is InChI=1S/C14H19N5O/c15-7-6-11-3-1-4-12(9-11)14(20)16-8-2-5-13-17-10-18-19-13/h1,3-4,9-10H,2,5-8,15H2,(H,16,20)(H,17,18,19). The summed E-state index contributed by atoms with van der Waals surface area (Å²) in [5.74, 6) is 0.783. The molecule has 0 aliphatic rings. The first kappa shape index (κ1) is 14.2. The molecular formula is C14H19N5O. The highest BCUT2D eigenvalue weighted by Crippen LogP contribution is 2.05. The lowest BCUT2D eigenvalue weighted by molar-refractivity contribution is 0.0953. The monoisotopic (exact) mass is 273 g/mol. The van der Waals surface area contributed by atoms with Crippen molar-refractivity contribution < 1.29 is 4.79 Å². The van der Waals surface area contributed by atoms with Crippen LogP contribution in [0.4, 0.5) is 0 Å². The van der Waals surface area contributed by atoms with E-state index in [1.807, 2.05) is 24.3 Å². The van der Waals surface area contributed by atoms with Gasteiger partial charge in [0.05, 0.1) is 0 Å². The molecule has 1 aromatic carbocycles. The molecule has 0 saturated heterocycles. The second kappa shape index (κ2) is 7.40. The van der Waals surface area contributed by atoms with E-state index in [0.717, 1.165) is 30.7 Å². The Bertz CT molecular complexity index is 538. The first-order chi connectivity index (χ1) is 9.79. The molecule has 0 bridgehead atoms. The van der Waals surface area contributed by atoms with Crippen LogP contribution in [-0.4, -0.2) is 34.2 Å². The molecule has 0 unspecified atom stereocenters. The number of carbonyl (C=O) groups is 1. The summed E-state index contributed by atoms with van der Waals surface area (Å²) in [6.07, 6.45) is 3.86. The minimum absolute atomic E-state index is 0.0542. The quantitative estimate of drug-likeness (QED) is 0.646. The van der Waals surface area contributed by atoms with E-state index in [-0.39, 0.29) is 5.91 Å². The van der Waals surface area contributed by atoms with Crippen LogP contribution in [-0.2, 0) is 12.8 Å². The van der Waals surface area contributed by atoms with Gasteiger partial charge in [0.2, 0.25) is 0 Å². The molecule has 0 spiro atoms. The van der Waals surface area contributed by atoms with Crippen LogP contribution in [0.2, 0.25) is 0 Å². The Morgan fingerprint density at radius 1 is 1.35 bits per heavy atom. The Balaban J connectivity index is 1.78. The lowest BCUT2D eigenvalue weighted by Gasteiger charge is -2.06. The first-order valence-electron chi connectivity index (χ1n) is 6.71. The Labute approximate surface area is 117 Å². The summed E-state index contributed by atoms with van der Waals surface area (Å²) in [5.41, 5.74) is 7.28. The van der Waals surface area contributed by atoms with E-state index in [0.29, 0.717) is 18.7 Å². The molecule has 0 fully saturated rings. The number of H-pyrrole nitrogens is 1. The predicted molar refractivity (Wildman–Crippen MR) is 76.2 cm³/mol. The molecule has 20 heavy (non-hydrogen) atoms. The summed E-state index contributed by atoms with van der Waals surface area (Å²) < 4.78 is 0. The first-order valence-corrected chi connectivity index (χ1v) is 6.71. The molecule has 2 aromatic rings. The summed E-state index contributed by atoms with van der Waals surface area (Å²) in [7, 11) is 0. The Morgan fingerprint density at radius 3 is 3.00 bits per heavy atom. The van der Waals surface area contributed by atoms with Gasteiger partial charge >= 0.3 is 0 Å². The molecule has 1 aromatic heterocycles. The molecule has 2 rings (SSSR count). The maximum Gasteiger partial charge on any atom is 0.251 e. The number of aromatic amines is 1. The van der Waals surface area contributed by atoms with Crippen molar-refractivity contribution in [3.63, 3.8) is 0 Å². The molecule has 1 heterocycles. The third-order valence-electron chi connectivity index (χ3n) is 2.96. The van der Waals surface area contributed by atoms with Crippen molar-refractivity contribution in [2.24, 2.45) is 5.73 Å². The highest BCUT2D eigenvalue weighted by molar-refractivity contribution is 5.94. The van der Waals surface area contributed by atoms with Crippen LogP contribution in [0, 0.1) is 0 Å². The van der Waals surface area contributed by atoms with Crippen LogP contribution in [0.1, 0.15) is 28.2 Å². The molecule has 1 amide bonds. The lowest BCUT2D eigenvalue weighted by atomic mass is 10.1. The number of carbonyl (C=O) groups excluding carboxylic acids is 1. The third-order valence-corrected chi connectivity index (χ3v) is 2.96. The van der Waals surface area contributed by atoms with Crippen LogP contribution in [0.5, 0.6) is 0 Å². The van der Waals surface area contributed by atoms with Crippen molar-refractivity contribution >= 4 is 5.91 Å². The van der Waals surface area contributed by atoms with Gasteiger partial charge in [-0.3, -0.25) is 9.89 Å². The van der Waals surface area contributed by atoms with Crippen molar-refractivity contribution in [1.82, 2.24) is 20.5 Å². The summed E-state index contributed by atoms with van der Waals surface area (Å²) in [5, 5.41) is 9.47. The van der Waals surface area contributed by atoms with E-state index < -0.39 is 0 Å². The molecule has 0 aliphatic heterocycles. The fourth-order valence-electron chi connectivity index (χ4n) is 1.95. The number of amides is 1. The number of aromatic nitrogens is 3. The fourth-order valence-corrected chi connectivity index (χ4v) is 1.95. The van der Waals surface area contributed by atoms with E-state index in [4.69, 9.17) is 5.73 Å². The zero-order chi connectivity index (χ0) is 14.2. The SMILES string of the molecule is NCCc1cccc(C(=O)NCCCc2ncn[nH]2)c1. The zero-order valence-electron chi connectivity index (χ0n) is 11.3. The van der Waals surface area contributed by atoms with Crippen molar-refractivity contribution in [3.05, 3.63) is 47.5 Å². The highest BCUT2D eigenvalue weighted by atomic mass is 16.1. The second-order valence-electron chi connectivity index (χ2n) is 4.53. The van der Waals surface area contributed by atoms with Gasteiger partial charge in [-0.2, -0.15) is 5.10 Å². The summed E-state index contributed by atoms with van der Waals surface area (Å²) in [4.78, 5) is 16.0. The topological polar surface area (TPSA) is 96.7 Å². The zero-order valence-corrected chi connectivity index (χ0v) is 11.3. The van der Waals surface area contributed by atoms with Gasteiger partial charge in [0.15, 0.2) is 0 Å². The molecule has 0 aliphatic carbocycles. The number of rotatable bonds is 7. The van der Waals surface area contributed by atoms with Crippen molar-refractivity contribution in [2.75, 3.05) is 13.1 Å². The molecule has 6 nitrogen and oxygen atoms in total. The lowest BCUT2D eigenvalue weighted by Crippen LogP contribution is -2.25. The van der Waals surface area contributed by atoms with E-state index in [1.54, 1.807) is 0 Å². The van der Waals surface area contributed by atoms with Crippen LogP contribution in [0.3, 0.4) is 0 Å². The maximum absolute atomic E-state index is 12.0. The van der Waals surface area contributed by atoms with Gasteiger partial charge in [-0.1, -0.05) is 12.1 Å². The highest BCUT2D eigenvalue weighted by Gasteiger charge is 2.05. The fraction of sp³-hybridized carbons (Fsp3) is 0.357. The van der Waals surface area contributed by atoms with E-state index >= 15 is 0 Å². The number of benzene rings is 1. The molecule has 4 N–H and O–H groups in total. The largest absolute Gasteiger partial charge is 0.352 e. The minimum Gasteiger partial charge on any atom is -0.352 e. The minimum atomic E-state index is -0.0542. The molecular weight excluding hydrogens is 254 g/mol. The smallest absolute Gasteiger partial charge is 0.251 e.